The molecule has 0 spiro atoms. The van der Waals surface area contributed by atoms with Crippen LogP contribution in [-0.4, -0.2) is 29.6 Å². The van der Waals surface area contributed by atoms with Gasteiger partial charge in [0.2, 0.25) is 0 Å². The molecule has 9 heteroatoms. The molecule has 0 saturated carbocycles. The molecule has 9 nitrogen and oxygen atoms in total. The third-order valence-corrected chi connectivity index (χ3v) is 5.19. The minimum atomic E-state index is -0.622. The van der Waals surface area contributed by atoms with Crippen LogP contribution in [0.4, 0.5) is 5.69 Å². The molecule has 0 aliphatic rings. The molecule has 0 saturated heterocycles. The van der Waals surface area contributed by atoms with Gasteiger partial charge in [0.05, 0.1) is 16.7 Å². The number of nitrogens with zero attached hydrogens (tertiary/aromatic N) is 2. The molecule has 4 aromatic carbocycles. The molecule has 0 radical (unpaired) electrons. The van der Waals surface area contributed by atoms with Crippen molar-refractivity contribution in [3.8, 4) is 11.5 Å². The highest BCUT2D eigenvalue weighted by molar-refractivity contribution is 6.04. The standard InChI is InChI=1S/C27H21N3O6/c1-18-7-6-9-20(15-18)27(32)36-24-14-13-19-8-2-3-10-21(19)22(24)16-28-29-26(31)17-35-25-12-5-4-11-23(25)30(33)34/h2-16H,17H2,1H3,(H,29,31)/b28-16-. The van der Waals surface area contributed by atoms with Gasteiger partial charge >= 0.3 is 11.7 Å². The number of hydrogen-bond donors (Lipinski definition) is 1. The number of carbonyl (C=O) groups is 2. The molecule has 1 N–H and O–H groups in total. The lowest BCUT2D eigenvalue weighted by Crippen LogP contribution is -2.24. The molecule has 0 aromatic heterocycles. The van der Waals surface area contributed by atoms with E-state index in [0.29, 0.717) is 11.1 Å². The second-order valence-electron chi connectivity index (χ2n) is 7.76. The van der Waals surface area contributed by atoms with Crippen LogP contribution in [0.3, 0.4) is 0 Å². The van der Waals surface area contributed by atoms with Crippen LogP contribution >= 0.6 is 0 Å². The van der Waals surface area contributed by atoms with Gasteiger partial charge in [-0.25, -0.2) is 10.2 Å². The molecule has 0 unspecified atom stereocenters. The number of carbonyl (C=O) groups excluding carboxylic acids is 2. The highest BCUT2D eigenvalue weighted by atomic mass is 16.6. The topological polar surface area (TPSA) is 120 Å². The van der Waals surface area contributed by atoms with Crippen LogP contribution in [0.25, 0.3) is 10.8 Å². The number of rotatable bonds is 8. The van der Waals surface area contributed by atoms with Crippen LogP contribution in [0.5, 0.6) is 11.5 Å². The van der Waals surface area contributed by atoms with Gasteiger partial charge in [-0.3, -0.25) is 14.9 Å². The monoisotopic (exact) mass is 483 g/mol. The normalized spacial score (nSPS) is 10.8. The molecule has 0 bridgehead atoms. The van der Waals surface area contributed by atoms with Crippen molar-refractivity contribution in [3.05, 3.63) is 112 Å². The summed E-state index contributed by atoms with van der Waals surface area (Å²) in [4.78, 5) is 35.4. The SMILES string of the molecule is Cc1cccc(C(=O)Oc2ccc3ccccc3c2/C=N\NC(=O)COc2ccccc2[N+](=O)[O-])c1. The zero-order valence-corrected chi connectivity index (χ0v) is 19.2. The molecule has 0 aliphatic carbocycles. The fourth-order valence-electron chi connectivity index (χ4n) is 3.50. The van der Waals surface area contributed by atoms with Gasteiger partial charge in [0, 0.05) is 11.6 Å². The number of hydrogen-bond acceptors (Lipinski definition) is 7. The fourth-order valence-corrected chi connectivity index (χ4v) is 3.50. The number of ether oxygens (including phenoxy) is 2. The third kappa shape index (κ3) is 5.71. The van der Waals surface area contributed by atoms with E-state index in [1.807, 2.05) is 43.3 Å². The Hall–Kier alpha value is -5.05. The van der Waals surface area contributed by atoms with E-state index in [1.54, 1.807) is 30.3 Å². The first kappa shape index (κ1) is 24.1. The smallest absolute Gasteiger partial charge is 0.343 e. The Morgan fingerprint density at radius 2 is 1.75 bits per heavy atom. The van der Waals surface area contributed by atoms with Gasteiger partial charge < -0.3 is 9.47 Å². The van der Waals surface area contributed by atoms with Crippen LogP contribution < -0.4 is 14.9 Å². The molecule has 0 heterocycles. The quantitative estimate of drug-likeness (QED) is 0.126. The summed E-state index contributed by atoms with van der Waals surface area (Å²) in [5.74, 6) is -0.899. The predicted molar refractivity (Wildman–Crippen MR) is 134 cm³/mol. The average Bonchev–Trinajstić information content (AvgIpc) is 2.88. The summed E-state index contributed by atoms with van der Waals surface area (Å²) < 4.78 is 10.9. The zero-order valence-electron chi connectivity index (χ0n) is 19.2. The molecule has 0 fully saturated rings. The third-order valence-electron chi connectivity index (χ3n) is 5.19. The van der Waals surface area contributed by atoms with Crippen LogP contribution in [-0.2, 0) is 4.79 Å². The van der Waals surface area contributed by atoms with Gasteiger partial charge in [0.15, 0.2) is 12.4 Å². The first-order valence-corrected chi connectivity index (χ1v) is 10.9. The number of aryl methyl sites for hydroxylation is 1. The first-order valence-electron chi connectivity index (χ1n) is 10.9. The number of benzene rings is 4. The summed E-state index contributed by atoms with van der Waals surface area (Å²) in [7, 11) is 0. The average molecular weight is 483 g/mol. The van der Waals surface area contributed by atoms with Crippen molar-refractivity contribution < 1.29 is 24.0 Å². The Kier molecular flexibility index (Phi) is 7.30. The number of para-hydroxylation sites is 2. The highest BCUT2D eigenvalue weighted by Gasteiger charge is 2.16. The molecular weight excluding hydrogens is 462 g/mol. The Morgan fingerprint density at radius 3 is 2.56 bits per heavy atom. The molecule has 4 rings (SSSR count). The van der Waals surface area contributed by atoms with Crippen molar-refractivity contribution in [2.45, 2.75) is 6.92 Å². The van der Waals surface area contributed by atoms with Crippen LogP contribution in [0.2, 0.25) is 0 Å². The van der Waals surface area contributed by atoms with E-state index < -0.39 is 23.4 Å². The molecule has 1 amide bonds. The van der Waals surface area contributed by atoms with E-state index in [1.165, 1.54) is 24.4 Å². The molecule has 0 atom stereocenters. The molecule has 4 aromatic rings. The number of esters is 1. The maximum atomic E-state index is 12.7. The van der Waals surface area contributed by atoms with Crippen LogP contribution in [0.15, 0.2) is 90.0 Å². The summed E-state index contributed by atoms with van der Waals surface area (Å²) in [6.07, 6.45) is 1.38. The van der Waals surface area contributed by atoms with E-state index >= 15 is 0 Å². The first-order chi connectivity index (χ1) is 17.4. The van der Waals surface area contributed by atoms with Crippen molar-refractivity contribution in [1.82, 2.24) is 5.43 Å². The van der Waals surface area contributed by atoms with E-state index in [9.17, 15) is 19.7 Å². The summed E-state index contributed by atoms with van der Waals surface area (Å²) >= 11 is 0. The van der Waals surface area contributed by atoms with Gasteiger partial charge in [-0.15, -0.1) is 0 Å². The number of fused-ring (bicyclic) bond motifs is 1. The van der Waals surface area contributed by atoms with Crippen molar-refractivity contribution in [1.29, 1.82) is 0 Å². The Bertz CT molecular complexity index is 1480. The minimum absolute atomic E-state index is 0.0268. The second kappa shape index (κ2) is 10.9. The zero-order chi connectivity index (χ0) is 25.5. The fraction of sp³-hybridized carbons (Fsp3) is 0.0741. The van der Waals surface area contributed by atoms with Crippen molar-refractivity contribution in [2.75, 3.05) is 6.61 Å². The number of nitro groups is 1. The van der Waals surface area contributed by atoms with Crippen molar-refractivity contribution in [3.63, 3.8) is 0 Å². The second-order valence-corrected chi connectivity index (χ2v) is 7.76. The lowest BCUT2D eigenvalue weighted by Gasteiger charge is -2.11. The van der Waals surface area contributed by atoms with Gasteiger partial charge in [0.1, 0.15) is 5.75 Å². The van der Waals surface area contributed by atoms with Crippen LogP contribution in [0.1, 0.15) is 21.5 Å². The summed E-state index contributed by atoms with van der Waals surface area (Å²) in [5.41, 5.74) is 3.91. The van der Waals surface area contributed by atoms with E-state index in [-0.39, 0.29) is 17.2 Å². The maximum Gasteiger partial charge on any atom is 0.343 e. The van der Waals surface area contributed by atoms with E-state index in [2.05, 4.69) is 10.5 Å². The lowest BCUT2D eigenvalue weighted by molar-refractivity contribution is -0.385. The lowest BCUT2D eigenvalue weighted by atomic mass is 10.0. The Balaban J connectivity index is 1.51. The van der Waals surface area contributed by atoms with Gasteiger partial charge in [0.25, 0.3) is 5.91 Å². The molecule has 180 valence electrons. The van der Waals surface area contributed by atoms with Crippen molar-refractivity contribution >= 4 is 34.6 Å². The summed E-state index contributed by atoms with van der Waals surface area (Å²) in [5, 5.41) is 16.7. The van der Waals surface area contributed by atoms with Gasteiger partial charge in [-0.05, 0) is 42.0 Å². The number of nitro benzene ring substituents is 1. The summed E-state index contributed by atoms with van der Waals surface area (Å²) in [6.45, 7) is 1.40. The van der Waals surface area contributed by atoms with Crippen LogP contribution in [0, 0.1) is 17.0 Å². The van der Waals surface area contributed by atoms with Crippen molar-refractivity contribution in [2.24, 2.45) is 5.10 Å². The molecule has 0 aliphatic heterocycles. The summed E-state index contributed by atoms with van der Waals surface area (Å²) in [6, 6.07) is 23.8. The maximum absolute atomic E-state index is 12.7. The van der Waals surface area contributed by atoms with E-state index in [0.717, 1.165) is 16.3 Å². The minimum Gasteiger partial charge on any atom is -0.477 e. The Labute approximate surface area is 206 Å². The predicted octanol–water partition coefficient (Wildman–Crippen LogP) is 4.80. The number of hydrazone groups is 1. The number of nitrogens with one attached hydrogen (secondary N) is 1. The molecule has 36 heavy (non-hydrogen) atoms. The van der Waals surface area contributed by atoms with Gasteiger partial charge in [-0.1, -0.05) is 60.2 Å². The van der Waals surface area contributed by atoms with E-state index in [4.69, 9.17) is 9.47 Å². The molecular formula is C27H21N3O6. The number of amides is 1. The largest absolute Gasteiger partial charge is 0.477 e. The van der Waals surface area contributed by atoms with Gasteiger partial charge in [-0.2, -0.15) is 5.10 Å². The highest BCUT2D eigenvalue weighted by Crippen LogP contribution is 2.28. The Morgan fingerprint density at radius 1 is 0.972 bits per heavy atom.